The zero-order chi connectivity index (χ0) is 17.1. The third-order valence-electron chi connectivity index (χ3n) is 6.58. The van der Waals surface area contributed by atoms with Crippen molar-refractivity contribution >= 4 is 11.7 Å². The first kappa shape index (κ1) is 14.9. The van der Waals surface area contributed by atoms with Gasteiger partial charge in [0.25, 0.3) is 0 Å². The van der Waals surface area contributed by atoms with Crippen LogP contribution in [0.1, 0.15) is 52.7 Å². The van der Waals surface area contributed by atoms with E-state index in [1.165, 1.54) is 31.4 Å². The minimum atomic E-state index is -0.899. The molecule has 2 bridgehead atoms. The summed E-state index contributed by atoms with van der Waals surface area (Å²) >= 11 is 0. The van der Waals surface area contributed by atoms with Crippen molar-refractivity contribution in [1.82, 2.24) is 0 Å². The Labute approximate surface area is 145 Å². The zero-order valence-corrected chi connectivity index (χ0v) is 13.8. The van der Waals surface area contributed by atoms with Crippen LogP contribution in [0, 0.1) is 23.6 Å². The average molecular weight is 337 g/mol. The maximum atomic E-state index is 13.4. The molecule has 3 nitrogen and oxygen atoms in total. The molecular weight excluding hydrogens is 317 g/mol. The summed E-state index contributed by atoms with van der Waals surface area (Å²) in [5.74, 6) is 1.03. The smallest absolute Gasteiger partial charge is 0.337 e. The molecule has 128 valence electrons. The van der Waals surface area contributed by atoms with Gasteiger partial charge in [-0.1, -0.05) is 24.3 Å². The highest BCUT2D eigenvalue weighted by atomic mass is 19.1. The van der Waals surface area contributed by atoms with Crippen LogP contribution in [0.25, 0.3) is 0 Å². The molecule has 0 saturated heterocycles. The molecule has 0 aromatic heterocycles. The van der Waals surface area contributed by atoms with Gasteiger partial charge in [0.1, 0.15) is 5.82 Å². The van der Waals surface area contributed by atoms with Gasteiger partial charge >= 0.3 is 5.97 Å². The van der Waals surface area contributed by atoms with E-state index in [1.807, 2.05) is 18.2 Å². The van der Waals surface area contributed by atoms with Crippen LogP contribution in [0.15, 0.2) is 42.5 Å². The second kappa shape index (κ2) is 5.32. The molecule has 2 fully saturated rings. The van der Waals surface area contributed by atoms with Crippen molar-refractivity contribution in [2.75, 3.05) is 5.32 Å². The lowest BCUT2D eigenvalue weighted by Crippen LogP contribution is -2.36. The van der Waals surface area contributed by atoms with Gasteiger partial charge < -0.3 is 10.4 Å². The van der Waals surface area contributed by atoms with E-state index in [2.05, 4.69) is 11.4 Å². The van der Waals surface area contributed by atoms with Gasteiger partial charge in [0.15, 0.2) is 0 Å². The molecule has 0 unspecified atom stereocenters. The molecule has 0 amide bonds. The standard InChI is InChI=1S/C21H20FNO2/c22-14-8-6-11(7-9-14)19-18-13-5-4-12(10-13)17(18)15-2-1-3-16(21(24)25)20(15)23-19/h1-3,6-9,12-13,17-19,23H,4-5,10H2,(H,24,25)/t12-,13+,17+,18-,19-/m0/s1. The molecule has 3 aliphatic rings. The van der Waals surface area contributed by atoms with Gasteiger partial charge in [0.05, 0.1) is 17.3 Å². The van der Waals surface area contributed by atoms with E-state index in [9.17, 15) is 14.3 Å². The van der Waals surface area contributed by atoms with E-state index in [0.717, 1.165) is 16.8 Å². The number of fused-ring (bicyclic) bond motifs is 7. The number of carbonyl (C=O) groups is 1. The summed E-state index contributed by atoms with van der Waals surface area (Å²) in [5, 5.41) is 13.2. The van der Waals surface area contributed by atoms with Crippen LogP contribution >= 0.6 is 0 Å². The fourth-order valence-electron chi connectivity index (χ4n) is 5.69. The maximum absolute atomic E-state index is 13.4. The van der Waals surface area contributed by atoms with Gasteiger partial charge in [-0.05, 0) is 72.3 Å². The lowest BCUT2D eigenvalue weighted by atomic mass is 9.67. The summed E-state index contributed by atoms with van der Waals surface area (Å²) in [6, 6.07) is 12.3. The predicted molar refractivity (Wildman–Crippen MR) is 93.2 cm³/mol. The number of rotatable bonds is 2. The van der Waals surface area contributed by atoms with Crippen molar-refractivity contribution in [3.8, 4) is 0 Å². The normalized spacial score (nSPS) is 32.0. The summed E-state index contributed by atoms with van der Waals surface area (Å²) in [6.07, 6.45) is 3.71. The lowest BCUT2D eigenvalue weighted by molar-refractivity contribution is 0.0697. The highest BCUT2D eigenvalue weighted by Gasteiger charge is 2.54. The summed E-state index contributed by atoms with van der Waals surface area (Å²) in [6.45, 7) is 0. The van der Waals surface area contributed by atoms with Gasteiger partial charge in [0, 0.05) is 0 Å². The minimum Gasteiger partial charge on any atom is -0.478 e. The van der Waals surface area contributed by atoms with Crippen LogP contribution in [0.4, 0.5) is 10.1 Å². The fourth-order valence-corrected chi connectivity index (χ4v) is 5.69. The molecule has 1 aliphatic heterocycles. The number of hydrogen-bond acceptors (Lipinski definition) is 2. The molecular formula is C21H20FNO2. The maximum Gasteiger partial charge on any atom is 0.337 e. The van der Waals surface area contributed by atoms with Crippen LogP contribution in [-0.4, -0.2) is 11.1 Å². The van der Waals surface area contributed by atoms with E-state index in [1.54, 1.807) is 6.07 Å². The van der Waals surface area contributed by atoms with Gasteiger partial charge in [-0.3, -0.25) is 0 Å². The first-order valence-corrected chi connectivity index (χ1v) is 9.01. The molecule has 2 N–H and O–H groups in total. The van der Waals surface area contributed by atoms with Crippen molar-refractivity contribution in [2.24, 2.45) is 17.8 Å². The lowest BCUT2D eigenvalue weighted by Gasteiger charge is -2.44. The first-order chi connectivity index (χ1) is 12.1. The van der Waals surface area contributed by atoms with Crippen LogP contribution in [0.2, 0.25) is 0 Å². The van der Waals surface area contributed by atoms with Gasteiger partial charge in [-0.15, -0.1) is 0 Å². The Morgan fingerprint density at radius 3 is 2.60 bits per heavy atom. The third kappa shape index (κ3) is 2.13. The second-order valence-electron chi connectivity index (χ2n) is 7.68. The summed E-state index contributed by atoms with van der Waals surface area (Å²) in [7, 11) is 0. The van der Waals surface area contributed by atoms with E-state index in [0.29, 0.717) is 29.2 Å². The Kier molecular flexibility index (Phi) is 3.18. The minimum absolute atomic E-state index is 0.0499. The fraction of sp³-hybridized carbons (Fsp3) is 0.381. The number of hydrogen-bond donors (Lipinski definition) is 2. The van der Waals surface area contributed by atoms with Crippen molar-refractivity contribution in [2.45, 2.75) is 31.2 Å². The van der Waals surface area contributed by atoms with Crippen molar-refractivity contribution in [1.29, 1.82) is 0 Å². The number of halogens is 1. The van der Waals surface area contributed by atoms with E-state index in [4.69, 9.17) is 0 Å². The Balaban J connectivity index is 1.67. The number of para-hydroxylation sites is 1. The molecule has 2 aromatic rings. The van der Waals surface area contributed by atoms with Crippen molar-refractivity contribution in [3.63, 3.8) is 0 Å². The molecule has 0 radical (unpaired) electrons. The number of benzene rings is 2. The van der Waals surface area contributed by atoms with Crippen LogP contribution in [0.3, 0.4) is 0 Å². The highest BCUT2D eigenvalue weighted by Crippen LogP contribution is 2.63. The Morgan fingerprint density at radius 2 is 1.84 bits per heavy atom. The Morgan fingerprint density at radius 1 is 1.08 bits per heavy atom. The van der Waals surface area contributed by atoms with Gasteiger partial charge in [-0.25, -0.2) is 9.18 Å². The van der Waals surface area contributed by atoms with Crippen LogP contribution < -0.4 is 5.32 Å². The number of nitrogens with one attached hydrogen (secondary N) is 1. The third-order valence-corrected chi connectivity index (χ3v) is 6.58. The summed E-state index contributed by atoms with van der Waals surface area (Å²) < 4.78 is 13.4. The van der Waals surface area contributed by atoms with Gasteiger partial charge in [-0.2, -0.15) is 0 Å². The van der Waals surface area contributed by atoms with Gasteiger partial charge in [0.2, 0.25) is 0 Å². The average Bonchev–Trinajstić information content (AvgIpc) is 3.23. The predicted octanol–water partition coefficient (Wildman–Crippen LogP) is 4.82. The molecule has 5 rings (SSSR count). The number of carboxylic acids is 1. The SMILES string of the molecule is O=C(O)c1cccc2c1N[C@@H](c1ccc(F)cc1)[C@H]1[C@@H]3CC[C@@H](C3)[C@H]21. The highest BCUT2D eigenvalue weighted by molar-refractivity contribution is 5.95. The monoisotopic (exact) mass is 337 g/mol. The first-order valence-electron chi connectivity index (χ1n) is 9.01. The van der Waals surface area contributed by atoms with Crippen molar-refractivity contribution < 1.29 is 14.3 Å². The Bertz CT molecular complexity index is 847. The second-order valence-corrected chi connectivity index (χ2v) is 7.68. The molecule has 2 aliphatic carbocycles. The van der Waals surface area contributed by atoms with Crippen molar-refractivity contribution in [3.05, 3.63) is 65.0 Å². The topological polar surface area (TPSA) is 49.3 Å². The van der Waals surface area contributed by atoms with Crippen LogP contribution in [-0.2, 0) is 0 Å². The van der Waals surface area contributed by atoms with E-state index < -0.39 is 5.97 Å². The van der Waals surface area contributed by atoms with E-state index >= 15 is 0 Å². The zero-order valence-electron chi connectivity index (χ0n) is 13.8. The molecule has 1 heterocycles. The number of aromatic carboxylic acids is 1. The molecule has 5 atom stereocenters. The molecule has 0 spiro atoms. The number of carboxylic acid groups (broad SMARTS) is 1. The quantitative estimate of drug-likeness (QED) is 0.826. The van der Waals surface area contributed by atoms with Crippen LogP contribution in [0.5, 0.6) is 0 Å². The molecule has 2 aromatic carbocycles. The number of anilines is 1. The molecule has 25 heavy (non-hydrogen) atoms. The largest absolute Gasteiger partial charge is 0.478 e. The summed E-state index contributed by atoms with van der Waals surface area (Å²) in [5.41, 5.74) is 3.31. The molecule has 2 saturated carbocycles. The van der Waals surface area contributed by atoms with E-state index in [-0.39, 0.29) is 11.9 Å². The Hall–Kier alpha value is -2.36. The molecule has 4 heteroatoms. The summed E-state index contributed by atoms with van der Waals surface area (Å²) in [4.78, 5) is 11.7.